The lowest BCUT2D eigenvalue weighted by atomic mass is 10.3. The monoisotopic (exact) mass is 316 g/mol. The molecule has 0 spiro atoms. The average Bonchev–Trinajstić information content (AvgIpc) is 2.98. The van der Waals surface area contributed by atoms with E-state index in [1.165, 1.54) is 16.2 Å². The van der Waals surface area contributed by atoms with Crippen LogP contribution in [0.25, 0.3) is 0 Å². The molecule has 0 aliphatic rings. The summed E-state index contributed by atoms with van der Waals surface area (Å²) in [5, 5.41) is 1.99. The van der Waals surface area contributed by atoms with Gasteiger partial charge in [-0.25, -0.2) is 13.1 Å². The van der Waals surface area contributed by atoms with Gasteiger partial charge in [-0.2, -0.15) is 0 Å². The molecular weight excluding hydrogens is 300 g/mol. The molecule has 0 aliphatic heterocycles. The lowest BCUT2D eigenvalue weighted by Gasteiger charge is -2.03. The van der Waals surface area contributed by atoms with Gasteiger partial charge in [0.25, 0.3) is 0 Å². The molecule has 104 valence electrons. The van der Waals surface area contributed by atoms with Gasteiger partial charge in [-0.05, 0) is 36.4 Å². The summed E-state index contributed by atoms with van der Waals surface area (Å²) in [4.78, 5) is 2.09. The van der Waals surface area contributed by atoms with E-state index in [0.717, 1.165) is 10.4 Å². The number of aryl methyl sites for hydroxylation is 1. The molecule has 0 aliphatic carbocycles. The molecule has 0 unspecified atom stereocenters. The van der Waals surface area contributed by atoms with E-state index in [-0.39, 0.29) is 0 Å². The lowest BCUT2D eigenvalue weighted by Crippen LogP contribution is -2.25. The number of nitrogens with two attached hydrogens (primary N) is 1. The van der Waals surface area contributed by atoms with Crippen molar-refractivity contribution in [3.05, 3.63) is 38.9 Å². The number of nitrogens with one attached hydrogen (secondary N) is 1. The van der Waals surface area contributed by atoms with Crippen LogP contribution in [-0.2, 0) is 23.0 Å². The van der Waals surface area contributed by atoms with Crippen molar-refractivity contribution in [2.75, 3.05) is 6.54 Å². The van der Waals surface area contributed by atoms with Gasteiger partial charge in [0.2, 0.25) is 10.0 Å². The highest BCUT2D eigenvalue weighted by Gasteiger charge is 2.17. The third-order valence-corrected chi connectivity index (χ3v) is 6.82. The van der Waals surface area contributed by atoms with Crippen molar-refractivity contribution in [3.63, 3.8) is 0 Å². The van der Waals surface area contributed by atoms with Crippen LogP contribution in [0.1, 0.15) is 15.3 Å². The molecule has 0 saturated heterocycles. The number of sulfonamides is 1. The van der Waals surface area contributed by atoms with Crippen molar-refractivity contribution in [2.45, 2.75) is 24.1 Å². The smallest absolute Gasteiger partial charge is 0.250 e. The minimum Gasteiger partial charge on any atom is -0.326 e. The van der Waals surface area contributed by atoms with E-state index in [2.05, 4.69) is 4.72 Å². The normalized spacial score (nSPS) is 11.9. The molecule has 0 fully saturated rings. The zero-order valence-corrected chi connectivity index (χ0v) is 13.0. The predicted octanol–water partition coefficient (Wildman–Crippen LogP) is 2.10. The van der Waals surface area contributed by atoms with E-state index in [9.17, 15) is 8.42 Å². The van der Waals surface area contributed by atoms with E-state index < -0.39 is 10.0 Å². The molecule has 2 aromatic heterocycles. The Morgan fingerprint density at radius 3 is 2.79 bits per heavy atom. The molecule has 19 heavy (non-hydrogen) atoms. The van der Waals surface area contributed by atoms with Crippen LogP contribution in [0.3, 0.4) is 0 Å². The maximum Gasteiger partial charge on any atom is 0.250 e. The standard InChI is InChI=1S/C12H16N2O2S3/c1-9-7-12(18-11(9)8-13)19(15,16)14-5-4-10-3-2-6-17-10/h2-3,6-7,14H,4-5,8,13H2,1H3. The van der Waals surface area contributed by atoms with Gasteiger partial charge in [-0.1, -0.05) is 6.07 Å². The average molecular weight is 316 g/mol. The summed E-state index contributed by atoms with van der Waals surface area (Å²) in [7, 11) is -3.41. The Labute approximate surface area is 121 Å². The Balaban J connectivity index is 2.01. The van der Waals surface area contributed by atoms with Crippen molar-refractivity contribution in [2.24, 2.45) is 5.73 Å². The van der Waals surface area contributed by atoms with Crippen LogP contribution in [-0.4, -0.2) is 15.0 Å². The van der Waals surface area contributed by atoms with Crippen molar-refractivity contribution in [1.29, 1.82) is 0 Å². The highest BCUT2D eigenvalue weighted by Crippen LogP contribution is 2.25. The first-order valence-corrected chi connectivity index (χ1v) is 9.02. The number of hydrogen-bond donors (Lipinski definition) is 2. The van der Waals surface area contributed by atoms with E-state index in [4.69, 9.17) is 5.73 Å². The van der Waals surface area contributed by atoms with E-state index in [1.807, 2.05) is 24.4 Å². The molecule has 4 nitrogen and oxygen atoms in total. The minimum absolute atomic E-state index is 0.344. The van der Waals surface area contributed by atoms with E-state index in [0.29, 0.717) is 23.7 Å². The first kappa shape index (κ1) is 14.7. The predicted molar refractivity (Wildman–Crippen MR) is 80.2 cm³/mol. The zero-order valence-electron chi connectivity index (χ0n) is 10.5. The summed E-state index contributed by atoms with van der Waals surface area (Å²) < 4.78 is 27.2. The largest absolute Gasteiger partial charge is 0.326 e. The molecule has 2 heterocycles. The Hall–Kier alpha value is -0.730. The summed E-state index contributed by atoms with van der Waals surface area (Å²) in [5.41, 5.74) is 6.50. The molecule has 0 amide bonds. The summed E-state index contributed by atoms with van der Waals surface area (Å²) in [6, 6.07) is 5.64. The number of rotatable bonds is 6. The lowest BCUT2D eigenvalue weighted by molar-refractivity contribution is 0.584. The first-order chi connectivity index (χ1) is 9.03. The van der Waals surface area contributed by atoms with Gasteiger partial charge in [0.1, 0.15) is 4.21 Å². The third kappa shape index (κ3) is 3.64. The van der Waals surface area contributed by atoms with Crippen molar-refractivity contribution < 1.29 is 8.42 Å². The van der Waals surface area contributed by atoms with Crippen LogP contribution in [0, 0.1) is 6.92 Å². The SMILES string of the molecule is Cc1cc(S(=O)(=O)NCCc2cccs2)sc1CN. The van der Waals surface area contributed by atoms with Crippen molar-refractivity contribution in [3.8, 4) is 0 Å². The Morgan fingerprint density at radius 1 is 1.42 bits per heavy atom. The highest BCUT2D eigenvalue weighted by atomic mass is 32.2. The Morgan fingerprint density at radius 2 is 2.21 bits per heavy atom. The zero-order chi connectivity index (χ0) is 13.9. The Kier molecular flexibility index (Phi) is 4.75. The maximum absolute atomic E-state index is 12.1. The van der Waals surface area contributed by atoms with Crippen LogP contribution < -0.4 is 10.5 Å². The molecule has 0 bridgehead atoms. The first-order valence-electron chi connectivity index (χ1n) is 5.84. The maximum atomic E-state index is 12.1. The van der Waals surface area contributed by atoms with Crippen molar-refractivity contribution >= 4 is 32.7 Å². The molecule has 0 atom stereocenters. The van der Waals surface area contributed by atoms with Gasteiger partial charge in [0, 0.05) is 22.8 Å². The van der Waals surface area contributed by atoms with Gasteiger partial charge in [-0.15, -0.1) is 22.7 Å². The molecule has 2 rings (SSSR count). The molecule has 0 saturated carbocycles. The van der Waals surface area contributed by atoms with Gasteiger partial charge in [0.05, 0.1) is 0 Å². The van der Waals surface area contributed by atoms with Crippen LogP contribution in [0.5, 0.6) is 0 Å². The molecule has 2 aromatic rings. The van der Waals surface area contributed by atoms with Gasteiger partial charge >= 0.3 is 0 Å². The minimum atomic E-state index is -3.41. The van der Waals surface area contributed by atoms with Crippen LogP contribution in [0.4, 0.5) is 0 Å². The number of hydrogen-bond acceptors (Lipinski definition) is 5. The second kappa shape index (κ2) is 6.15. The van der Waals surface area contributed by atoms with E-state index in [1.54, 1.807) is 17.4 Å². The summed E-state index contributed by atoms with van der Waals surface area (Å²) in [6.07, 6.45) is 0.713. The second-order valence-corrected chi connectivity index (χ2v) is 8.27. The quantitative estimate of drug-likeness (QED) is 0.857. The van der Waals surface area contributed by atoms with Crippen LogP contribution >= 0.6 is 22.7 Å². The topological polar surface area (TPSA) is 72.2 Å². The van der Waals surface area contributed by atoms with Gasteiger partial charge in [-0.3, -0.25) is 0 Å². The van der Waals surface area contributed by atoms with Gasteiger partial charge < -0.3 is 5.73 Å². The van der Waals surface area contributed by atoms with Crippen LogP contribution in [0.2, 0.25) is 0 Å². The van der Waals surface area contributed by atoms with Crippen molar-refractivity contribution in [1.82, 2.24) is 4.72 Å². The fraction of sp³-hybridized carbons (Fsp3) is 0.333. The summed E-state index contributed by atoms with van der Waals surface area (Å²) in [6.45, 7) is 2.67. The summed E-state index contributed by atoms with van der Waals surface area (Å²) >= 11 is 2.87. The molecule has 7 heteroatoms. The summed E-state index contributed by atoms with van der Waals surface area (Å²) in [5.74, 6) is 0. The molecule has 3 N–H and O–H groups in total. The number of thiophene rings is 2. The molecule has 0 radical (unpaired) electrons. The van der Waals surface area contributed by atoms with Crippen LogP contribution in [0.15, 0.2) is 27.8 Å². The highest BCUT2D eigenvalue weighted by molar-refractivity contribution is 7.91. The molecular formula is C12H16N2O2S3. The fourth-order valence-corrected chi connectivity index (χ4v) is 4.91. The third-order valence-electron chi connectivity index (χ3n) is 2.69. The fourth-order valence-electron chi connectivity index (χ4n) is 1.66. The van der Waals surface area contributed by atoms with E-state index >= 15 is 0 Å². The van der Waals surface area contributed by atoms with Gasteiger partial charge in [0.15, 0.2) is 0 Å². The second-order valence-electron chi connectivity index (χ2n) is 4.10. The molecule has 0 aromatic carbocycles. The Bertz CT molecular complexity index is 630.